The zero-order chi connectivity index (χ0) is 16.1. The van der Waals surface area contributed by atoms with Crippen molar-refractivity contribution in [2.24, 2.45) is 5.73 Å². The number of carbonyl (C=O) groups excluding carboxylic acids is 1. The Bertz CT molecular complexity index is 667. The predicted molar refractivity (Wildman–Crippen MR) is 88.1 cm³/mol. The van der Waals surface area contributed by atoms with Crippen LogP contribution >= 0.6 is 11.8 Å². The minimum absolute atomic E-state index is 0.403. The maximum absolute atomic E-state index is 11.2. The molecular formula is C16H21N3O2S. The molecule has 0 atom stereocenters. The molecule has 118 valence electrons. The molecule has 1 aromatic carbocycles. The SMILES string of the molecule is COCCn1c(SCc2cccc(C(N)=O)c2)nc(C)c1C. The molecule has 0 spiro atoms. The first-order valence-electron chi connectivity index (χ1n) is 7.07. The van der Waals surface area contributed by atoms with Crippen LogP contribution in [0.3, 0.4) is 0 Å². The normalized spacial score (nSPS) is 10.9. The third-order valence-electron chi connectivity index (χ3n) is 3.52. The van der Waals surface area contributed by atoms with Crippen LogP contribution in [0.4, 0.5) is 0 Å². The van der Waals surface area contributed by atoms with Crippen LogP contribution in [-0.2, 0) is 17.0 Å². The van der Waals surface area contributed by atoms with Crippen molar-refractivity contribution in [2.75, 3.05) is 13.7 Å². The van der Waals surface area contributed by atoms with Crippen LogP contribution in [0.25, 0.3) is 0 Å². The van der Waals surface area contributed by atoms with Gasteiger partial charge in [0.25, 0.3) is 0 Å². The number of rotatable bonds is 7. The fourth-order valence-electron chi connectivity index (χ4n) is 2.14. The number of ether oxygens (including phenoxy) is 1. The lowest BCUT2D eigenvalue weighted by Gasteiger charge is -2.09. The standard InChI is InChI=1S/C16H21N3O2S/c1-11-12(2)19(7-8-21-3)16(18-11)22-10-13-5-4-6-14(9-13)15(17)20/h4-6,9H,7-8,10H2,1-3H3,(H2,17,20). The van der Waals surface area contributed by atoms with Gasteiger partial charge in [0.15, 0.2) is 5.16 Å². The van der Waals surface area contributed by atoms with Crippen molar-refractivity contribution in [3.05, 3.63) is 46.8 Å². The molecule has 2 rings (SSSR count). The smallest absolute Gasteiger partial charge is 0.248 e. The number of nitrogens with zero attached hydrogens (tertiary/aromatic N) is 2. The van der Waals surface area contributed by atoms with Gasteiger partial charge in [0.05, 0.1) is 12.3 Å². The third-order valence-corrected chi connectivity index (χ3v) is 4.57. The average Bonchev–Trinajstić information content (AvgIpc) is 2.78. The number of amides is 1. The number of primary amides is 1. The van der Waals surface area contributed by atoms with Crippen molar-refractivity contribution >= 4 is 17.7 Å². The van der Waals surface area contributed by atoms with Crippen molar-refractivity contribution in [3.8, 4) is 0 Å². The second-order valence-corrected chi connectivity index (χ2v) is 6.01. The molecule has 0 saturated carbocycles. The van der Waals surface area contributed by atoms with E-state index in [-0.39, 0.29) is 0 Å². The van der Waals surface area contributed by atoms with E-state index >= 15 is 0 Å². The number of imidazole rings is 1. The van der Waals surface area contributed by atoms with Gasteiger partial charge in [0.2, 0.25) is 5.91 Å². The van der Waals surface area contributed by atoms with E-state index < -0.39 is 5.91 Å². The van der Waals surface area contributed by atoms with Crippen molar-refractivity contribution in [1.82, 2.24) is 9.55 Å². The molecule has 0 fully saturated rings. The van der Waals surface area contributed by atoms with Gasteiger partial charge in [-0.1, -0.05) is 23.9 Å². The summed E-state index contributed by atoms with van der Waals surface area (Å²) in [5.41, 5.74) is 9.09. The summed E-state index contributed by atoms with van der Waals surface area (Å²) in [4.78, 5) is 15.8. The summed E-state index contributed by atoms with van der Waals surface area (Å²) in [6.45, 7) is 5.51. The van der Waals surface area contributed by atoms with Crippen LogP contribution in [0, 0.1) is 13.8 Å². The number of methoxy groups -OCH3 is 1. The molecule has 1 heterocycles. The lowest BCUT2D eigenvalue weighted by molar-refractivity contribution is 0.1000. The van der Waals surface area contributed by atoms with Crippen molar-refractivity contribution in [2.45, 2.75) is 31.3 Å². The van der Waals surface area contributed by atoms with Gasteiger partial charge in [-0.2, -0.15) is 0 Å². The Hall–Kier alpha value is -1.79. The fourth-order valence-corrected chi connectivity index (χ4v) is 3.20. The summed E-state index contributed by atoms with van der Waals surface area (Å²) in [7, 11) is 1.70. The minimum atomic E-state index is -0.403. The average molecular weight is 319 g/mol. The second kappa shape index (κ2) is 7.47. The zero-order valence-corrected chi connectivity index (χ0v) is 13.9. The fraction of sp³-hybridized carbons (Fsp3) is 0.375. The van der Waals surface area contributed by atoms with Crippen LogP contribution in [0.1, 0.15) is 27.3 Å². The Labute approximate surface area is 134 Å². The highest BCUT2D eigenvalue weighted by molar-refractivity contribution is 7.98. The molecule has 6 heteroatoms. The van der Waals surface area contributed by atoms with Crippen LogP contribution < -0.4 is 5.73 Å². The minimum Gasteiger partial charge on any atom is -0.383 e. The highest BCUT2D eigenvalue weighted by Crippen LogP contribution is 2.25. The Balaban J connectivity index is 2.12. The molecule has 5 nitrogen and oxygen atoms in total. The summed E-state index contributed by atoms with van der Waals surface area (Å²) in [5, 5.41) is 0.969. The van der Waals surface area contributed by atoms with Gasteiger partial charge in [0.1, 0.15) is 0 Å². The van der Waals surface area contributed by atoms with E-state index in [2.05, 4.69) is 16.5 Å². The third kappa shape index (κ3) is 3.90. The van der Waals surface area contributed by atoms with Gasteiger partial charge in [-0.05, 0) is 31.5 Å². The highest BCUT2D eigenvalue weighted by atomic mass is 32.2. The van der Waals surface area contributed by atoms with E-state index in [1.807, 2.05) is 25.1 Å². The quantitative estimate of drug-likeness (QED) is 0.796. The van der Waals surface area contributed by atoms with Crippen LogP contribution in [-0.4, -0.2) is 29.2 Å². The molecule has 0 saturated heterocycles. The molecule has 0 unspecified atom stereocenters. The summed E-state index contributed by atoms with van der Waals surface area (Å²) in [5.74, 6) is 0.337. The van der Waals surface area contributed by atoms with E-state index in [1.165, 1.54) is 0 Å². The van der Waals surface area contributed by atoms with Gasteiger partial charge in [-0.15, -0.1) is 0 Å². The number of nitrogens with two attached hydrogens (primary N) is 1. The molecule has 2 N–H and O–H groups in total. The lowest BCUT2D eigenvalue weighted by atomic mass is 10.1. The molecule has 0 aliphatic rings. The number of aromatic nitrogens is 2. The summed E-state index contributed by atoms with van der Waals surface area (Å²) in [6.07, 6.45) is 0. The van der Waals surface area contributed by atoms with Crippen LogP contribution in [0.5, 0.6) is 0 Å². The number of thioether (sulfide) groups is 1. The van der Waals surface area contributed by atoms with E-state index in [9.17, 15) is 4.79 Å². The van der Waals surface area contributed by atoms with Gasteiger partial charge < -0.3 is 15.0 Å². The summed E-state index contributed by atoms with van der Waals surface area (Å²) >= 11 is 1.65. The molecule has 0 aliphatic heterocycles. The second-order valence-electron chi connectivity index (χ2n) is 5.06. The van der Waals surface area contributed by atoms with Gasteiger partial charge in [0, 0.05) is 30.7 Å². The first kappa shape index (κ1) is 16.6. The van der Waals surface area contributed by atoms with E-state index in [0.717, 1.165) is 34.4 Å². The van der Waals surface area contributed by atoms with E-state index in [0.29, 0.717) is 12.2 Å². The molecule has 0 aliphatic carbocycles. The molecule has 1 aromatic heterocycles. The molecule has 2 aromatic rings. The Morgan fingerprint density at radius 3 is 2.86 bits per heavy atom. The first-order chi connectivity index (χ1) is 10.5. The Kier molecular flexibility index (Phi) is 5.63. The number of benzene rings is 1. The molecule has 0 radical (unpaired) electrons. The predicted octanol–water partition coefficient (Wildman–Crippen LogP) is 2.54. The first-order valence-corrected chi connectivity index (χ1v) is 8.05. The summed E-state index contributed by atoms with van der Waals surface area (Å²) < 4.78 is 7.33. The molecule has 1 amide bonds. The highest BCUT2D eigenvalue weighted by Gasteiger charge is 2.12. The van der Waals surface area contributed by atoms with Gasteiger partial charge in [-0.25, -0.2) is 4.98 Å². The zero-order valence-electron chi connectivity index (χ0n) is 13.1. The maximum Gasteiger partial charge on any atom is 0.248 e. The Morgan fingerprint density at radius 2 is 2.18 bits per heavy atom. The van der Waals surface area contributed by atoms with Crippen LogP contribution in [0.15, 0.2) is 29.4 Å². The van der Waals surface area contributed by atoms with Crippen molar-refractivity contribution in [1.29, 1.82) is 0 Å². The molecule has 22 heavy (non-hydrogen) atoms. The number of hydrogen-bond acceptors (Lipinski definition) is 4. The molecular weight excluding hydrogens is 298 g/mol. The van der Waals surface area contributed by atoms with E-state index in [1.54, 1.807) is 24.9 Å². The van der Waals surface area contributed by atoms with Gasteiger partial charge >= 0.3 is 0 Å². The monoisotopic (exact) mass is 319 g/mol. The molecule has 0 bridgehead atoms. The number of hydrogen-bond donors (Lipinski definition) is 1. The topological polar surface area (TPSA) is 70.1 Å². The lowest BCUT2D eigenvalue weighted by Crippen LogP contribution is -2.10. The number of aryl methyl sites for hydroxylation is 1. The van der Waals surface area contributed by atoms with Crippen molar-refractivity contribution in [3.63, 3.8) is 0 Å². The Morgan fingerprint density at radius 1 is 1.41 bits per heavy atom. The summed E-state index contributed by atoms with van der Waals surface area (Å²) in [6, 6.07) is 7.40. The maximum atomic E-state index is 11.2. The van der Waals surface area contributed by atoms with E-state index in [4.69, 9.17) is 10.5 Å². The largest absolute Gasteiger partial charge is 0.383 e. The number of carbonyl (C=O) groups is 1. The van der Waals surface area contributed by atoms with Gasteiger partial charge in [-0.3, -0.25) is 4.79 Å². The van der Waals surface area contributed by atoms with Crippen LogP contribution in [0.2, 0.25) is 0 Å². The van der Waals surface area contributed by atoms with Crippen molar-refractivity contribution < 1.29 is 9.53 Å².